The molecule has 0 bridgehead atoms. The SMILES string of the molecule is CN/C=C\C(N)=NC(=O)c1cc(Oc2cnc(C(=O)N3CCC3)cn2)cc(OC(CF)CF)c1. The zero-order valence-corrected chi connectivity index (χ0v) is 18.4. The Balaban J connectivity index is 1.84. The topological polar surface area (TPSA) is 132 Å². The van der Waals surface area contributed by atoms with Gasteiger partial charge in [0.25, 0.3) is 11.8 Å². The van der Waals surface area contributed by atoms with Crippen LogP contribution in [-0.2, 0) is 0 Å². The van der Waals surface area contributed by atoms with Crippen molar-refractivity contribution in [1.82, 2.24) is 20.2 Å². The quantitative estimate of drug-likeness (QED) is 0.395. The molecule has 1 aromatic carbocycles. The summed E-state index contributed by atoms with van der Waals surface area (Å²) in [6.45, 7) is -0.775. The van der Waals surface area contributed by atoms with E-state index in [0.29, 0.717) is 13.1 Å². The smallest absolute Gasteiger partial charge is 0.279 e. The largest absolute Gasteiger partial charge is 0.485 e. The van der Waals surface area contributed by atoms with Gasteiger partial charge in [-0.15, -0.1) is 0 Å². The predicted octanol–water partition coefficient (Wildman–Crippen LogP) is 2.03. The monoisotopic (exact) mass is 474 g/mol. The lowest BCUT2D eigenvalue weighted by atomic mass is 10.2. The highest BCUT2D eigenvalue weighted by Gasteiger charge is 2.23. The Morgan fingerprint density at radius 3 is 2.53 bits per heavy atom. The number of ether oxygens (including phenoxy) is 2. The maximum absolute atomic E-state index is 13.0. The van der Waals surface area contributed by atoms with E-state index in [1.54, 1.807) is 11.9 Å². The maximum atomic E-state index is 13.0. The number of carbonyl (C=O) groups excluding carboxylic acids is 2. The molecule has 0 saturated carbocycles. The molecule has 3 N–H and O–H groups in total. The van der Waals surface area contributed by atoms with Crippen LogP contribution in [0.2, 0.25) is 0 Å². The van der Waals surface area contributed by atoms with Gasteiger partial charge < -0.3 is 25.4 Å². The van der Waals surface area contributed by atoms with Crippen LogP contribution in [0.3, 0.4) is 0 Å². The van der Waals surface area contributed by atoms with Crippen molar-refractivity contribution < 1.29 is 27.8 Å². The molecule has 0 radical (unpaired) electrons. The minimum atomic E-state index is -1.35. The van der Waals surface area contributed by atoms with Crippen LogP contribution >= 0.6 is 0 Å². The van der Waals surface area contributed by atoms with Crippen LogP contribution in [0.4, 0.5) is 8.78 Å². The Morgan fingerprint density at radius 2 is 1.94 bits per heavy atom. The van der Waals surface area contributed by atoms with Crippen molar-refractivity contribution in [3.05, 3.63) is 54.1 Å². The molecule has 10 nitrogen and oxygen atoms in total. The predicted molar refractivity (Wildman–Crippen MR) is 120 cm³/mol. The van der Waals surface area contributed by atoms with Crippen molar-refractivity contribution in [3.63, 3.8) is 0 Å². The van der Waals surface area contributed by atoms with Crippen molar-refractivity contribution in [2.45, 2.75) is 12.5 Å². The van der Waals surface area contributed by atoms with Gasteiger partial charge in [-0.3, -0.25) is 9.59 Å². The molecule has 2 aromatic rings. The molecule has 2 amide bonds. The minimum absolute atomic E-state index is 0.00214. The molecule has 180 valence electrons. The lowest BCUT2D eigenvalue weighted by molar-refractivity contribution is 0.0645. The molecule has 0 spiro atoms. The van der Waals surface area contributed by atoms with Crippen LogP contribution in [0.1, 0.15) is 27.3 Å². The van der Waals surface area contributed by atoms with E-state index in [4.69, 9.17) is 15.2 Å². The molecule has 1 aromatic heterocycles. The summed E-state index contributed by atoms with van der Waals surface area (Å²) in [7, 11) is 1.65. The summed E-state index contributed by atoms with van der Waals surface area (Å²) in [5.41, 5.74) is 5.86. The number of likely N-dealkylation sites (tertiary alicyclic amines) is 1. The van der Waals surface area contributed by atoms with E-state index >= 15 is 0 Å². The highest BCUT2D eigenvalue weighted by Crippen LogP contribution is 2.28. The Morgan fingerprint density at radius 1 is 1.21 bits per heavy atom. The highest BCUT2D eigenvalue weighted by molar-refractivity contribution is 6.06. The molecular weight excluding hydrogens is 450 g/mol. The first-order valence-electron chi connectivity index (χ1n) is 10.4. The van der Waals surface area contributed by atoms with Crippen LogP contribution in [0.5, 0.6) is 17.4 Å². The number of nitrogens with zero attached hydrogens (tertiary/aromatic N) is 4. The number of benzene rings is 1. The molecule has 2 heterocycles. The third kappa shape index (κ3) is 6.47. The molecule has 3 rings (SSSR count). The van der Waals surface area contributed by atoms with E-state index in [1.807, 2.05) is 0 Å². The number of alkyl halides is 2. The number of rotatable bonds is 10. The lowest BCUT2D eigenvalue weighted by Crippen LogP contribution is -2.42. The fourth-order valence-corrected chi connectivity index (χ4v) is 2.79. The van der Waals surface area contributed by atoms with E-state index in [1.165, 1.54) is 42.9 Å². The number of aliphatic imine (C=N–C) groups is 1. The average Bonchev–Trinajstić information content (AvgIpc) is 2.80. The standard InChI is InChI=1S/C22H24F2N6O4/c1-26-4-3-19(25)29-21(31)14-7-15(33-17(10-23)11-24)9-16(8-14)34-20-13-27-18(12-28-20)22(32)30-5-2-6-30/h3-4,7-9,12-13,17,26H,2,5-6,10-11H2,1H3,(H2,25,29,31)/b4-3-. The molecule has 1 saturated heterocycles. The van der Waals surface area contributed by atoms with E-state index in [-0.39, 0.29) is 40.4 Å². The highest BCUT2D eigenvalue weighted by atomic mass is 19.1. The van der Waals surface area contributed by atoms with Gasteiger partial charge in [0, 0.05) is 31.8 Å². The Kier molecular flexibility index (Phi) is 8.43. The minimum Gasteiger partial charge on any atom is -0.485 e. The average molecular weight is 474 g/mol. The second-order valence-corrected chi connectivity index (χ2v) is 7.19. The zero-order valence-electron chi connectivity index (χ0n) is 18.4. The van der Waals surface area contributed by atoms with Gasteiger partial charge in [0.15, 0.2) is 6.10 Å². The number of carbonyl (C=O) groups is 2. The molecule has 1 fully saturated rings. The molecule has 0 atom stereocenters. The third-order valence-electron chi connectivity index (χ3n) is 4.64. The normalized spacial score (nSPS) is 13.6. The Labute approximate surface area is 194 Å². The summed E-state index contributed by atoms with van der Waals surface area (Å²) < 4.78 is 36.8. The van der Waals surface area contributed by atoms with Crippen LogP contribution in [0.25, 0.3) is 0 Å². The Bertz CT molecular complexity index is 1070. The van der Waals surface area contributed by atoms with Crippen LogP contribution in [-0.4, -0.2) is 72.1 Å². The lowest BCUT2D eigenvalue weighted by Gasteiger charge is -2.30. The van der Waals surface area contributed by atoms with Gasteiger partial charge in [-0.1, -0.05) is 0 Å². The number of aromatic nitrogens is 2. The molecule has 1 aliphatic heterocycles. The molecule has 34 heavy (non-hydrogen) atoms. The number of hydrogen-bond acceptors (Lipinski definition) is 7. The van der Waals surface area contributed by atoms with Gasteiger partial charge in [0.2, 0.25) is 5.88 Å². The van der Waals surface area contributed by atoms with Gasteiger partial charge in [0.1, 0.15) is 36.4 Å². The molecular formula is C22H24F2N6O4. The van der Waals surface area contributed by atoms with E-state index in [2.05, 4.69) is 20.3 Å². The summed E-state index contributed by atoms with van der Waals surface area (Å²) in [4.78, 5) is 38.3. The van der Waals surface area contributed by atoms with Crippen molar-refractivity contribution in [2.75, 3.05) is 33.5 Å². The summed E-state index contributed by atoms with van der Waals surface area (Å²) in [6, 6.07) is 3.95. The number of nitrogens with two attached hydrogens (primary N) is 1. The summed E-state index contributed by atoms with van der Waals surface area (Å²) in [6.07, 6.45) is 5.01. The van der Waals surface area contributed by atoms with Crippen molar-refractivity contribution in [1.29, 1.82) is 0 Å². The van der Waals surface area contributed by atoms with Crippen molar-refractivity contribution in [2.24, 2.45) is 10.7 Å². The van der Waals surface area contributed by atoms with Gasteiger partial charge in [0.05, 0.1) is 12.4 Å². The number of amidine groups is 1. The summed E-state index contributed by atoms with van der Waals surface area (Å²) >= 11 is 0. The van der Waals surface area contributed by atoms with Crippen LogP contribution in [0, 0.1) is 0 Å². The van der Waals surface area contributed by atoms with Crippen LogP contribution in [0.15, 0.2) is 47.9 Å². The zero-order chi connectivity index (χ0) is 24.5. The van der Waals surface area contributed by atoms with E-state index < -0.39 is 25.4 Å². The summed E-state index contributed by atoms with van der Waals surface area (Å²) in [5, 5.41) is 2.71. The Hall–Kier alpha value is -4.09. The van der Waals surface area contributed by atoms with E-state index in [0.717, 1.165) is 6.42 Å². The van der Waals surface area contributed by atoms with Gasteiger partial charge in [-0.25, -0.2) is 18.7 Å². The van der Waals surface area contributed by atoms with Gasteiger partial charge in [-0.2, -0.15) is 4.99 Å². The fraction of sp³-hybridized carbons (Fsp3) is 0.318. The van der Waals surface area contributed by atoms with Gasteiger partial charge >= 0.3 is 0 Å². The summed E-state index contributed by atoms with van der Waals surface area (Å²) in [5.74, 6) is -0.923. The second-order valence-electron chi connectivity index (χ2n) is 7.19. The maximum Gasteiger partial charge on any atom is 0.279 e. The first kappa shape index (κ1) is 24.6. The number of amides is 2. The van der Waals surface area contributed by atoms with Crippen LogP contribution < -0.4 is 20.5 Å². The first-order valence-corrected chi connectivity index (χ1v) is 10.4. The van der Waals surface area contributed by atoms with E-state index in [9.17, 15) is 18.4 Å². The van der Waals surface area contributed by atoms with Crippen molar-refractivity contribution in [3.8, 4) is 17.4 Å². The molecule has 12 heteroatoms. The van der Waals surface area contributed by atoms with Gasteiger partial charge in [-0.05, 0) is 30.8 Å². The fourth-order valence-electron chi connectivity index (χ4n) is 2.79. The third-order valence-corrected chi connectivity index (χ3v) is 4.64. The first-order chi connectivity index (χ1) is 16.4. The number of halogens is 2. The molecule has 0 aliphatic carbocycles. The molecule has 0 unspecified atom stereocenters. The number of hydrogen-bond donors (Lipinski definition) is 2. The molecule has 1 aliphatic rings. The number of nitrogens with one attached hydrogen (secondary N) is 1. The van der Waals surface area contributed by atoms with Crippen molar-refractivity contribution >= 4 is 17.6 Å². The second kappa shape index (κ2) is 11.7.